The van der Waals surface area contributed by atoms with Gasteiger partial charge in [0.15, 0.2) is 5.17 Å². The second-order valence-electron chi connectivity index (χ2n) is 5.13. The number of anilines is 1. The first kappa shape index (κ1) is 14.7. The van der Waals surface area contributed by atoms with Crippen molar-refractivity contribution in [2.45, 2.75) is 19.4 Å². The molecular weight excluding hydrogens is 344 g/mol. The van der Waals surface area contributed by atoms with Crippen molar-refractivity contribution in [1.29, 1.82) is 0 Å². The fourth-order valence-electron chi connectivity index (χ4n) is 2.33. The predicted molar refractivity (Wildman–Crippen MR) is 96.3 cm³/mol. The monoisotopic (exact) mass is 360 g/mol. The molecule has 0 amide bonds. The maximum Gasteiger partial charge on any atom is 0.161 e. The van der Waals surface area contributed by atoms with Crippen LogP contribution in [0.15, 0.2) is 58.0 Å². The van der Waals surface area contributed by atoms with Crippen molar-refractivity contribution in [1.82, 2.24) is 0 Å². The fourth-order valence-corrected chi connectivity index (χ4v) is 3.65. The Hall–Kier alpha value is -1.26. The van der Waals surface area contributed by atoms with Gasteiger partial charge < -0.3 is 5.32 Å². The quantitative estimate of drug-likeness (QED) is 0.842. The molecule has 0 fully saturated rings. The number of halogens is 1. The lowest BCUT2D eigenvalue weighted by Gasteiger charge is -2.09. The van der Waals surface area contributed by atoms with Gasteiger partial charge in [0.05, 0.1) is 6.04 Å². The summed E-state index contributed by atoms with van der Waals surface area (Å²) in [6, 6.07) is 17.1. The number of rotatable bonds is 3. The van der Waals surface area contributed by atoms with E-state index in [4.69, 9.17) is 4.99 Å². The highest BCUT2D eigenvalue weighted by Crippen LogP contribution is 2.27. The maximum atomic E-state index is 4.80. The zero-order chi connectivity index (χ0) is 14.7. The summed E-state index contributed by atoms with van der Waals surface area (Å²) in [6.07, 6.45) is 1.01. The highest BCUT2D eigenvalue weighted by Gasteiger charge is 2.19. The molecule has 3 rings (SSSR count). The average molecular weight is 361 g/mol. The van der Waals surface area contributed by atoms with Crippen LogP contribution in [0.25, 0.3) is 0 Å². The number of nitrogens with zero attached hydrogens (tertiary/aromatic N) is 1. The van der Waals surface area contributed by atoms with Crippen LogP contribution in [0.4, 0.5) is 5.69 Å². The van der Waals surface area contributed by atoms with Crippen LogP contribution in [0.5, 0.6) is 0 Å². The lowest BCUT2D eigenvalue weighted by atomic mass is 10.1. The molecule has 2 aromatic carbocycles. The first-order valence-electron chi connectivity index (χ1n) is 6.99. The molecule has 1 unspecified atom stereocenters. The average Bonchev–Trinajstić information content (AvgIpc) is 2.92. The third kappa shape index (κ3) is 3.69. The van der Waals surface area contributed by atoms with Gasteiger partial charge in [0.2, 0.25) is 0 Å². The molecule has 4 heteroatoms. The van der Waals surface area contributed by atoms with Gasteiger partial charge in [0.1, 0.15) is 0 Å². The van der Waals surface area contributed by atoms with Crippen LogP contribution in [-0.2, 0) is 6.42 Å². The molecule has 0 bridgehead atoms. The summed E-state index contributed by atoms with van der Waals surface area (Å²) in [7, 11) is 0. The molecule has 108 valence electrons. The Kier molecular flexibility index (Phi) is 4.66. The molecule has 2 nitrogen and oxygen atoms in total. The van der Waals surface area contributed by atoms with Gasteiger partial charge in [-0.1, -0.05) is 64.1 Å². The van der Waals surface area contributed by atoms with Crippen LogP contribution < -0.4 is 5.32 Å². The molecule has 2 aromatic rings. The van der Waals surface area contributed by atoms with E-state index in [-0.39, 0.29) is 0 Å². The van der Waals surface area contributed by atoms with Gasteiger partial charge in [-0.15, -0.1) is 0 Å². The minimum absolute atomic E-state index is 0.368. The SMILES string of the molecule is Cc1c(Br)cccc1NC1=NC(Cc2ccccc2)CS1. The van der Waals surface area contributed by atoms with Crippen molar-refractivity contribution < 1.29 is 0 Å². The Labute approximate surface area is 138 Å². The Morgan fingerprint density at radius 1 is 1.19 bits per heavy atom. The molecule has 1 aliphatic heterocycles. The Balaban J connectivity index is 1.67. The van der Waals surface area contributed by atoms with Crippen molar-refractivity contribution >= 4 is 38.5 Å². The predicted octanol–water partition coefficient (Wildman–Crippen LogP) is 4.88. The van der Waals surface area contributed by atoms with Gasteiger partial charge in [0.25, 0.3) is 0 Å². The molecule has 0 spiro atoms. The number of nitrogens with one attached hydrogen (secondary N) is 1. The molecule has 1 N–H and O–H groups in total. The van der Waals surface area contributed by atoms with Crippen molar-refractivity contribution in [3.8, 4) is 0 Å². The fraction of sp³-hybridized carbons (Fsp3) is 0.235. The van der Waals surface area contributed by atoms with Crippen LogP contribution >= 0.6 is 27.7 Å². The third-order valence-electron chi connectivity index (χ3n) is 3.54. The molecule has 1 heterocycles. The lowest BCUT2D eigenvalue weighted by molar-refractivity contribution is 0.762. The highest BCUT2D eigenvalue weighted by atomic mass is 79.9. The van der Waals surface area contributed by atoms with Crippen molar-refractivity contribution in [3.63, 3.8) is 0 Å². The van der Waals surface area contributed by atoms with Crippen molar-refractivity contribution in [3.05, 3.63) is 64.1 Å². The van der Waals surface area contributed by atoms with E-state index in [0.717, 1.165) is 27.5 Å². The highest BCUT2D eigenvalue weighted by molar-refractivity contribution is 9.10. The largest absolute Gasteiger partial charge is 0.335 e. The van der Waals surface area contributed by atoms with Gasteiger partial charge in [-0.05, 0) is 36.6 Å². The van der Waals surface area contributed by atoms with Crippen LogP contribution in [-0.4, -0.2) is 17.0 Å². The Bertz CT molecular complexity index is 655. The summed E-state index contributed by atoms with van der Waals surface area (Å²) in [6.45, 7) is 2.11. The second kappa shape index (κ2) is 6.67. The summed E-state index contributed by atoms with van der Waals surface area (Å²) in [5, 5.41) is 4.47. The van der Waals surface area contributed by atoms with Gasteiger partial charge >= 0.3 is 0 Å². The van der Waals surface area contributed by atoms with E-state index in [1.807, 2.05) is 6.07 Å². The maximum absolute atomic E-state index is 4.80. The normalized spacial score (nSPS) is 17.6. The van der Waals surface area contributed by atoms with Gasteiger partial charge in [0, 0.05) is 15.9 Å². The van der Waals surface area contributed by atoms with Crippen molar-refractivity contribution in [2.24, 2.45) is 4.99 Å². The topological polar surface area (TPSA) is 24.4 Å². The molecular formula is C17H17BrN2S. The lowest BCUT2D eigenvalue weighted by Crippen LogP contribution is -2.09. The number of benzene rings is 2. The summed E-state index contributed by atoms with van der Waals surface area (Å²) in [5.74, 6) is 1.05. The summed E-state index contributed by atoms with van der Waals surface area (Å²) in [4.78, 5) is 4.80. The first-order valence-corrected chi connectivity index (χ1v) is 8.77. The number of amidine groups is 1. The van der Waals surface area contributed by atoms with Gasteiger partial charge in [-0.25, -0.2) is 0 Å². The molecule has 21 heavy (non-hydrogen) atoms. The van der Waals surface area contributed by atoms with Crippen LogP contribution in [0.3, 0.4) is 0 Å². The Morgan fingerprint density at radius 3 is 2.81 bits per heavy atom. The standard InChI is InChI=1S/C17H17BrN2S/c1-12-15(18)8-5-9-16(12)20-17-19-14(11-21-17)10-13-6-3-2-4-7-13/h2-9,14H,10-11H2,1H3,(H,19,20). The van der Waals surface area contributed by atoms with E-state index in [1.54, 1.807) is 11.8 Å². The smallest absolute Gasteiger partial charge is 0.161 e. The van der Waals surface area contributed by atoms with Crippen LogP contribution in [0, 0.1) is 6.92 Å². The zero-order valence-corrected chi connectivity index (χ0v) is 14.2. The van der Waals surface area contributed by atoms with E-state index in [2.05, 4.69) is 70.6 Å². The van der Waals surface area contributed by atoms with Gasteiger partial charge in [-0.3, -0.25) is 4.99 Å². The first-order chi connectivity index (χ1) is 10.2. The molecule has 0 saturated carbocycles. The van der Waals surface area contributed by atoms with E-state index in [1.165, 1.54) is 11.1 Å². The second-order valence-corrected chi connectivity index (χ2v) is 6.99. The van der Waals surface area contributed by atoms with Gasteiger partial charge in [-0.2, -0.15) is 0 Å². The molecule has 0 saturated heterocycles. The molecule has 0 aliphatic carbocycles. The minimum atomic E-state index is 0.368. The number of thioether (sulfide) groups is 1. The number of aliphatic imine (C=N–C) groups is 1. The van der Waals surface area contributed by atoms with E-state index in [0.29, 0.717) is 6.04 Å². The number of hydrogen-bond donors (Lipinski definition) is 1. The van der Waals surface area contributed by atoms with Crippen molar-refractivity contribution in [2.75, 3.05) is 11.1 Å². The Morgan fingerprint density at radius 2 is 2.00 bits per heavy atom. The summed E-state index contributed by atoms with van der Waals surface area (Å²) in [5.41, 5.74) is 3.69. The molecule has 1 atom stereocenters. The molecule has 0 radical (unpaired) electrons. The zero-order valence-electron chi connectivity index (χ0n) is 11.8. The van der Waals surface area contributed by atoms with E-state index < -0.39 is 0 Å². The summed E-state index contributed by atoms with van der Waals surface area (Å²) < 4.78 is 1.12. The summed E-state index contributed by atoms with van der Waals surface area (Å²) >= 11 is 5.37. The van der Waals surface area contributed by atoms with Crippen LogP contribution in [0.1, 0.15) is 11.1 Å². The third-order valence-corrected chi connectivity index (χ3v) is 5.43. The molecule has 1 aliphatic rings. The minimum Gasteiger partial charge on any atom is -0.335 e. The van der Waals surface area contributed by atoms with Crippen LogP contribution in [0.2, 0.25) is 0 Å². The van der Waals surface area contributed by atoms with E-state index in [9.17, 15) is 0 Å². The number of hydrogen-bond acceptors (Lipinski definition) is 3. The molecule has 0 aromatic heterocycles. The van der Waals surface area contributed by atoms with E-state index >= 15 is 0 Å².